The van der Waals surface area contributed by atoms with E-state index < -0.39 is 14.9 Å². The van der Waals surface area contributed by atoms with Gasteiger partial charge in [0, 0.05) is 25.8 Å². The van der Waals surface area contributed by atoms with E-state index in [1.54, 1.807) is 19.1 Å². The van der Waals surface area contributed by atoms with E-state index in [-0.39, 0.29) is 23.1 Å². The van der Waals surface area contributed by atoms with E-state index >= 15 is 0 Å². The second kappa shape index (κ2) is 8.38. The number of nitrogens with zero attached hydrogens (tertiary/aromatic N) is 2. The molecule has 2 aromatic rings. The minimum atomic E-state index is -3.97. The van der Waals surface area contributed by atoms with Crippen LogP contribution < -0.4 is 9.62 Å². The van der Waals surface area contributed by atoms with Gasteiger partial charge in [-0.15, -0.1) is 0 Å². The Kier molecular flexibility index (Phi) is 6.09. The molecular formula is C20H25N3O5S. The Hall–Kier alpha value is -2.65. The lowest BCUT2D eigenvalue weighted by Crippen LogP contribution is -2.35. The van der Waals surface area contributed by atoms with E-state index in [1.165, 1.54) is 12.1 Å². The van der Waals surface area contributed by atoms with Gasteiger partial charge in [0.25, 0.3) is 15.7 Å². The molecule has 0 spiro atoms. The Bertz CT molecular complexity index is 1010. The van der Waals surface area contributed by atoms with Crippen molar-refractivity contribution in [3.8, 4) is 0 Å². The smallest absolute Gasteiger partial charge is 0.293 e. The molecule has 1 fully saturated rings. The summed E-state index contributed by atoms with van der Waals surface area (Å²) in [5.74, 6) is 0.201. The lowest BCUT2D eigenvalue weighted by atomic mass is 9.97. The predicted octanol–water partition coefficient (Wildman–Crippen LogP) is 3.22. The minimum Gasteiger partial charge on any atom is -0.396 e. The number of aryl methyl sites for hydroxylation is 2. The maximum Gasteiger partial charge on any atom is 0.293 e. The molecule has 2 N–H and O–H groups in total. The van der Waals surface area contributed by atoms with Crippen molar-refractivity contribution in [3.63, 3.8) is 0 Å². The number of benzene rings is 2. The van der Waals surface area contributed by atoms with Crippen molar-refractivity contribution in [1.82, 2.24) is 0 Å². The Labute approximate surface area is 170 Å². The highest BCUT2D eigenvalue weighted by atomic mass is 32.2. The van der Waals surface area contributed by atoms with Gasteiger partial charge < -0.3 is 10.0 Å². The van der Waals surface area contributed by atoms with Crippen molar-refractivity contribution in [3.05, 3.63) is 57.6 Å². The third-order valence-electron chi connectivity index (χ3n) is 5.29. The highest BCUT2D eigenvalue weighted by Gasteiger charge is 2.27. The first kappa shape index (κ1) is 21.1. The van der Waals surface area contributed by atoms with E-state index in [4.69, 9.17) is 0 Å². The molecule has 29 heavy (non-hydrogen) atoms. The van der Waals surface area contributed by atoms with Crippen molar-refractivity contribution >= 4 is 27.1 Å². The lowest BCUT2D eigenvalue weighted by Gasteiger charge is -2.32. The summed E-state index contributed by atoms with van der Waals surface area (Å²) in [7, 11) is -3.97. The third-order valence-corrected chi connectivity index (χ3v) is 6.66. The zero-order valence-corrected chi connectivity index (χ0v) is 17.3. The Morgan fingerprint density at radius 3 is 2.45 bits per heavy atom. The van der Waals surface area contributed by atoms with Gasteiger partial charge in [-0.3, -0.25) is 14.8 Å². The third kappa shape index (κ3) is 4.68. The molecule has 0 bridgehead atoms. The summed E-state index contributed by atoms with van der Waals surface area (Å²) in [6, 6.07) is 9.34. The normalized spacial score (nSPS) is 15.3. The number of hydrogen-bond acceptors (Lipinski definition) is 6. The van der Waals surface area contributed by atoms with Crippen LogP contribution in [0.3, 0.4) is 0 Å². The summed E-state index contributed by atoms with van der Waals surface area (Å²) in [5.41, 5.74) is 2.38. The summed E-state index contributed by atoms with van der Waals surface area (Å²) < 4.78 is 28.1. The molecule has 0 aromatic heterocycles. The Morgan fingerprint density at radius 1 is 1.17 bits per heavy atom. The first-order chi connectivity index (χ1) is 13.7. The molecule has 1 heterocycles. The summed E-state index contributed by atoms with van der Waals surface area (Å²) in [6.45, 7) is 4.98. The fraction of sp³-hybridized carbons (Fsp3) is 0.400. The number of anilines is 2. The van der Waals surface area contributed by atoms with Crippen LogP contribution in [0.25, 0.3) is 0 Å². The standard InChI is InChI=1S/C20H25N3O5S/c1-14-3-5-18(15(2)11-14)21-29(27,28)17-4-6-19(20(12-17)23(25)26)22-9-7-16(13-24)8-10-22/h3-6,11-12,16,21,24H,7-10,13H2,1-2H3. The Balaban J connectivity index is 1.90. The maximum atomic E-state index is 12.8. The van der Waals surface area contributed by atoms with Crippen LogP contribution in [0.4, 0.5) is 17.1 Å². The molecule has 0 saturated carbocycles. The monoisotopic (exact) mass is 419 g/mol. The molecule has 0 unspecified atom stereocenters. The fourth-order valence-electron chi connectivity index (χ4n) is 3.57. The summed E-state index contributed by atoms with van der Waals surface area (Å²) >= 11 is 0. The molecule has 0 radical (unpaired) electrons. The number of nitro benzene ring substituents is 1. The van der Waals surface area contributed by atoms with E-state index in [2.05, 4.69) is 4.72 Å². The van der Waals surface area contributed by atoms with E-state index in [1.807, 2.05) is 17.9 Å². The molecule has 9 heteroatoms. The molecular weight excluding hydrogens is 394 g/mol. The highest BCUT2D eigenvalue weighted by molar-refractivity contribution is 7.92. The molecule has 1 saturated heterocycles. The van der Waals surface area contributed by atoms with Gasteiger partial charge in [-0.25, -0.2) is 8.42 Å². The van der Waals surface area contributed by atoms with Crippen molar-refractivity contribution in [2.75, 3.05) is 29.3 Å². The molecule has 8 nitrogen and oxygen atoms in total. The number of rotatable bonds is 6. The molecule has 2 aromatic carbocycles. The highest BCUT2D eigenvalue weighted by Crippen LogP contribution is 2.34. The molecule has 156 valence electrons. The largest absolute Gasteiger partial charge is 0.396 e. The molecule has 1 aliphatic heterocycles. The summed E-state index contributed by atoms with van der Waals surface area (Å²) in [6.07, 6.45) is 1.48. The molecule has 1 aliphatic rings. The van der Waals surface area contributed by atoms with E-state index in [0.717, 1.165) is 30.0 Å². The van der Waals surface area contributed by atoms with Crippen LogP contribution in [0, 0.1) is 29.9 Å². The number of aliphatic hydroxyl groups excluding tert-OH is 1. The van der Waals surface area contributed by atoms with Crippen LogP contribution in [0.15, 0.2) is 41.3 Å². The second-order valence-electron chi connectivity index (χ2n) is 7.44. The number of sulfonamides is 1. The first-order valence-electron chi connectivity index (χ1n) is 9.45. The van der Waals surface area contributed by atoms with E-state index in [9.17, 15) is 23.6 Å². The van der Waals surface area contributed by atoms with Crippen LogP contribution in [0.1, 0.15) is 24.0 Å². The topological polar surface area (TPSA) is 113 Å². The summed E-state index contributed by atoms with van der Waals surface area (Å²) in [4.78, 5) is 12.8. The summed E-state index contributed by atoms with van der Waals surface area (Å²) in [5, 5.41) is 20.9. The van der Waals surface area contributed by atoms with Crippen molar-refractivity contribution in [2.24, 2.45) is 5.92 Å². The zero-order valence-electron chi connectivity index (χ0n) is 16.5. The molecule has 0 amide bonds. The molecule has 0 aliphatic carbocycles. The second-order valence-corrected chi connectivity index (χ2v) is 9.13. The van der Waals surface area contributed by atoms with Gasteiger partial charge in [-0.1, -0.05) is 17.7 Å². The van der Waals surface area contributed by atoms with Gasteiger partial charge >= 0.3 is 0 Å². The number of aliphatic hydroxyl groups is 1. The van der Waals surface area contributed by atoms with Crippen molar-refractivity contribution in [1.29, 1.82) is 0 Å². The minimum absolute atomic E-state index is 0.108. The first-order valence-corrected chi connectivity index (χ1v) is 10.9. The average molecular weight is 420 g/mol. The van der Waals surface area contributed by atoms with E-state index in [0.29, 0.717) is 24.5 Å². The zero-order chi connectivity index (χ0) is 21.2. The van der Waals surface area contributed by atoms with Gasteiger partial charge in [0.15, 0.2) is 0 Å². The maximum absolute atomic E-state index is 12.8. The van der Waals surface area contributed by atoms with Gasteiger partial charge in [0.05, 0.1) is 15.5 Å². The van der Waals surface area contributed by atoms with Crippen LogP contribution in [0.5, 0.6) is 0 Å². The average Bonchev–Trinajstić information content (AvgIpc) is 2.69. The van der Waals surface area contributed by atoms with Crippen LogP contribution in [-0.4, -0.2) is 38.1 Å². The number of nitrogens with one attached hydrogen (secondary N) is 1. The van der Waals surface area contributed by atoms with Gasteiger partial charge in [0.2, 0.25) is 0 Å². The van der Waals surface area contributed by atoms with Crippen LogP contribution in [-0.2, 0) is 10.0 Å². The fourth-order valence-corrected chi connectivity index (χ4v) is 4.72. The SMILES string of the molecule is Cc1ccc(NS(=O)(=O)c2ccc(N3CCC(CO)CC3)c([N+](=O)[O-])c2)c(C)c1. The Morgan fingerprint density at radius 2 is 1.86 bits per heavy atom. The van der Waals surface area contributed by atoms with Gasteiger partial charge in [0.1, 0.15) is 5.69 Å². The molecule has 3 rings (SSSR count). The predicted molar refractivity (Wildman–Crippen MR) is 112 cm³/mol. The number of nitro groups is 1. The van der Waals surface area contributed by atoms with Gasteiger partial charge in [-0.2, -0.15) is 0 Å². The van der Waals surface area contributed by atoms with Crippen LogP contribution in [0.2, 0.25) is 0 Å². The van der Waals surface area contributed by atoms with Crippen molar-refractivity contribution < 1.29 is 18.4 Å². The van der Waals surface area contributed by atoms with Gasteiger partial charge in [-0.05, 0) is 56.4 Å². The van der Waals surface area contributed by atoms with Crippen LogP contribution >= 0.6 is 0 Å². The molecule has 0 atom stereocenters. The van der Waals surface area contributed by atoms with Crippen molar-refractivity contribution in [2.45, 2.75) is 31.6 Å². The quantitative estimate of drug-likeness (QED) is 0.549. The lowest BCUT2D eigenvalue weighted by molar-refractivity contribution is -0.384. The number of piperidine rings is 1. The number of hydrogen-bond donors (Lipinski definition) is 2.